The number of benzene rings is 2. The van der Waals surface area contributed by atoms with Crippen molar-refractivity contribution in [2.24, 2.45) is 0 Å². The van der Waals surface area contributed by atoms with Gasteiger partial charge in [-0.3, -0.25) is 0 Å². The van der Waals surface area contributed by atoms with Crippen molar-refractivity contribution in [2.75, 3.05) is 6.54 Å². The van der Waals surface area contributed by atoms with Gasteiger partial charge in [-0.25, -0.2) is 8.78 Å². The zero-order valence-electron chi connectivity index (χ0n) is 12.5. The van der Waals surface area contributed by atoms with Gasteiger partial charge in [-0.15, -0.1) is 0 Å². The van der Waals surface area contributed by atoms with E-state index >= 15 is 0 Å². The van der Waals surface area contributed by atoms with Crippen LogP contribution < -0.4 is 5.32 Å². The molecule has 0 aliphatic heterocycles. The molecule has 0 radical (unpaired) electrons. The molecular formula is C18H21F2N. The predicted molar refractivity (Wildman–Crippen MR) is 82.3 cm³/mol. The summed E-state index contributed by atoms with van der Waals surface area (Å²) in [6.45, 7) is 4.20. The highest BCUT2D eigenvalue weighted by Crippen LogP contribution is 2.20. The van der Waals surface area contributed by atoms with E-state index < -0.39 is 0 Å². The van der Waals surface area contributed by atoms with Crippen LogP contribution in [0.15, 0.2) is 42.5 Å². The highest BCUT2D eigenvalue weighted by Gasteiger charge is 2.13. The number of aryl methyl sites for hydroxylation is 2. The molecule has 21 heavy (non-hydrogen) atoms. The van der Waals surface area contributed by atoms with Crippen LogP contribution in [0.1, 0.15) is 36.1 Å². The van der Waals surface area contributed by atoms with Gasteiger partial charge in [0.25, 0.3) is 0 Å². The van der Waals surface area contributed by atoms with E-state index in [0.29, 0.717) is 11.1 Å². The molecule has 0 fully saturated rings. The van der Waals surface area contributed by atoms with Gasteiger partial charge < -0.3 is 5.32 Å². The average Bonchev–Trinajstić information content (AvgIpc) is 2.48. The van der Waals surface area contributed by atoms with Crippen LogP contribution in [0.2, 0.25) is 0 Å². The van der Waals surface area contributed by atoms with Crippen molar-refractivity contribution in [1.29, 1.82) is 0 Å². The molecule has 0 saturated heterocycles. The van der Waals surface area contributed by atoms with Crippen molar-refractivity contribution >= 4 is 0 Å². The van der Waals surface area contributed by atoms with Crippen LogP contribution in [-0.2, 0) is 6.42 Å². The van der Waals surface area contributed by atoms with Gasteiger partial charge in [0.1, 0.15) is 11.6 Å². The van der Waals surface area contributed by atoms with Gasteiger partial charge in [-0.1, -0.05) is 30.3 Å². The third-order valence-electron chi connectivity index (χ3n) is 3.68. The first-order valence-electron chi connectivity index (χ1n) is 7.31. The Labute approximate surface area is 125 Å². The summed E-state index contributed by atoms with van der Waals surface area (Å²) in [6.07, 6.45) is 1.94. The number of halogens is 2. The SMILES string of the molecule is Cc1cc(F)c(C(C)NCCCc2ccccc2)cc1F. The Hall–Kier alpha value is -1.74. The van der Waals surface area contributed by atoms with Crippen molar-refractivity contribution in [3.63, 3.8) is 0 Å². The van der Waals surface area contributed by atoms with Crippen molar-refractivity contribution < 1.29 is 8.78 Å². The lowest BCUT2D eigenvalue weighted by atomic mass is 10.0. The molecule has 2 aromatic carbocycles. The molecule has 0 heterocycles. The molecular weight excluding hydrogens is 268 g/mol. The highest BCUT2D eigenvalue weighted by atomic mass is 19.1. The minimum Gasteiger partial charge on any atom is -0.310 e. The Balaban J connectivity index is 1.85. The fourth-order valence-electron chi connectivity index (χ4n) is 2.36. The molecule has 2 rings (SSSR count). The second-order valence-electron chi connectivity index (χ2n) is 5.39. The van der Waals surface area contributed by atoms with E-state index in [1.54, 1.807) is 6.92 Å². The smallest absolute Gasteiger partial charge is 0.128 e. The summed E-state index contributed by atoms with van der Waals surface area (Å²) in [5.74, 6) is -0.707. The monoisotopic (exact) mass is 289 g/mol. The minimum atomic E-state index is -0.357. The fourth-order valence-corrected chi connectivity index (χ4v) is 2.36. The molecule has 3 heteroatoms. The summed E-state index contributed by atoms with van der Waals surface area (Å²) < 4.78 is 27.4. The Kier molecular flexibility index (Phi) is 5.45. The fraction of sp³-hybridized carbons (Fsp3) is 0.333. The lowest BCUT2D eigenvalue weighted by Crippen LogP contribution is -2.21. The van der Waals surface area contributed by atoms with Gasteiger partial charge in [-0.2, -0.15) is 0 Å². The Morgan fingerprint density at radius 2 is 1.76 bits per heavy atom. The lowest BCUT2D eigenvalue weighted by molar-refractivity contribution is 0.511. The van der Waals surface area contributed by atoms with Gasteiger partial charge >= 0.3 is 0 Å². The van der Waals surface area contributed by atoms with E-state index in [1.807, 2.05) is 25.1 Å². The van der Waals surface area contributed by atoms with Crippen molar-refractivity contribution in [3.8, 4) is 0 Å². The van der Waals surface area contributed by atoms with Gasteiger partial charge in [0, 0.05) is 11.6 Å². The number of hydrogen-bond acceptors (Lipinski definition) is 1. The normalized spacial score (nSPS) is 12.4. The van der Waals surface area contributed by atoms with Crippen LogP contribution in [-0.4, -0.2) is 6.54 Å². The van der Waals surface area contributed by atoms with Crippen molar-refractivity contribution in [1.82, 2.24) is 5.32 Å². The summed E-state index contributed by atoms with van der Waals surface area (Å²) >= 11 is 0. The molecule has 0 aliphatic carbocycles. The molecule has 1 unspecified atom stereocenters. The van der Waals surface area contributed by atoms with Crippen LogP contribution in [0.4, 0.5) is 8.78 Å². The molecule has 0 bridgehead atoms. The van der Waals surface area contributed by atoms with E-state index in [0.717, 1.165) is 19.4 Å². The van der Waals surface area contributed by atoms with E-state index in [4.69, 9.17) is 0 Å². The zero-order valence-corrected chi connectivity index (χ0v) is 12.5. The second-order valence-corrected chi connectivity index (χ2v) is 5.39. The van der Waals surface area contributed by atoms with Crippen molar-refractivity contribution in [3.05, 3.63) is 70.8 Å². The maximum Gasteiger partial charge on any atom is 0.128 e. The summed E-state index contributed by atoms with van der Waals surface area (Å²) in [5.41, 5.74) is 2.02. The number of hydrogen-bond donors (Lipinski definition) is 1. The second kappa shape index (κ2) is 7.32. The molecule has 2 aromatic rings. The van der Waals surface area contributed by atoms with Crippen LogP contribution >= 0.6 is 0 Å². The number of nitrogens with one attached hydrogen (secondary N) is 1. The zero-order chi connectivity index (χ0) is 15.2. The first kappa shape index (κ1) is 15.6. The topological polar surface area (TPSA) is 12.0 Å². The Bertz CT molecular complexity index is 581. The molecule has 0 spiro atoms. The highest BCUT2D eigenvalue weighted by molar-refractivity contribution is 5.27. The standard InChI is InChI=1S/C18H21F2N/c1-13-11-18(20)16(12-17(13)19)14(2)21-10-6-9-15-7-4-3-5-8-15/h3-5,7-8,11-12,14,21H,6,9-10H2,1-2H3. The quantitative estimate of drug-likeness (QED) is 0.769. The molecule has 1 N–H and O–H groups in total. The Morgan fingerprint density at radius 1 is 1.05 bits per heavy atom. The third-order valence-corrected chi connectivity index (χ3v) is 3.68. The maximum atomic E-state index is 13.8. The summed E-state index contributed by atoms with van der Waals surface area (Å²) in [5, 5.41) is 3.25. The van der Waals surface area contributed by atoms with E-state index in [2.05, 4.69) is 17.4 Å². The molecule has 0 amide bonds. The van der Waals surface area contributed by atoms with Crippen molar-refractivity contribution in [2.45, 2.75) is 32.7 Å². The molecule has 0 aliphatic rings. The predicted octanol–water partition coefficient (Wildman–Crippen LogP) is 4.56. The first-order valence-corrected chi connectivity index (χ1v) is 7.31. The van der Waals surface area contributed by atoms with Gasteiger partial charge in [0.2, 0.25) is 0 Å². The minimum absolute atomic E-state index is 0.198. The van der Waals surface area contributed by atoms with E-state index in [9.17, 15) is 8.78 Å². The van der Waals surface area contributed by atoms with Crippen LogP contribution in [0.25, 0.3) is 0 Å². The average molecular weight is 289 g/mol. The summed E-state index contributed by atoms with van der Waals surface area (Å²) in [4.78, 5) is 0. The first-order chi connectivity index (χ1) is 10.1. The van der Waals surface area contributed by atoms with Gasteiger partial charge in [0.05, 0.1) is 0 Å². The molecule has 0 aromatic heterocycles. The molecule has 0 saturated carbocycles. The van der Waals surface area contributed by atoms with Gasteiger partial charge in [0.15, 0.2) is 0 Å². The number of rotatable bonds is 6. The lowest BCUT2D eigenvalue weighted by Gasteiger charge is -2.16. The molecule has 112 valence electrons. The van der Waals surface area contributed by atoms with Gasteiger partial charge in [-0.05, 0) is 56.5 Å². The largest absolute Gasteiger partial charge is 0.310 e. The summed E-state index contributed by atoms with van der Waals surface area (Å²) in [6, 6.07) is 12.6. The Morgan fingerprint density at radius 3 is 2.48 bits per heavy atom. The maximum absolute atomic E-state index is 13.8. The van der Waals surface area contributed by atoms with Crippen LogP contribution in [0.5, 0.6) is 0 Å². The molecule has 1 atom stereocenters. The van der Waals surface area contributed by atoms with Crippen LogP contribution in [0.3, 0.4) is 0 Å². The third kappa shape index (κ3) is 4.36. The van der Waals surface area contributed by atoms with E-state index in [1.165, 1.54) is 17.7 Å². The molecule has 1 nitrogen and oxygen atoms in total. The van der Waals surface area contributed by atoms with Crippen LogP contribution in [0, 0.1) is 18.6 Å². The summed E-state index contributed by atoms with van der Waals surface area (Å²) in [7, 11) is 0. The van der Waals surface area contributed by atoms with E-state index in [-0.39, 0.29) is 17.7 Å².